The van der Waals surface area contributed by atoms with E-state index >= 15 is 0 Å². The Bertz CT molecular complexity index is 93.0. The fraction of sp³-hybridized carbons (Fsp3) is 0.800. The van der Waals surface area contributed by atoms with E-state index in [9.17, 15) is 0 Å². The van der Waals surface area contributed by atoms with Crippen LogP contribution in [0.15, 0.2) is 0 Å². The summed E-state index contributed by atoms with van der Waals surface area (Å²) in [4.78, 5) is 0. The average molecular weight is 147 g/mol. The summed E-state index contributed by atoms with van der Waals surface area (Å²) in [6, 6.07) is 0. The lowest BCUT2D eigenvalue weighted by Gasteiger charge is -2.06. The van der Waals surface area contributed by atoms with Gasteiger partial charge < -0.3 is 14.8 Å². The van der Waals surface area contributed by atoms with Gasteiger partial charge in [-0.3, -0.25) is 0 Å². The number of hydrogen-bond donors (Lipinski definition) is 1. The average Bonchev–Trinajstić information content (AvgIpc) is 2.34. The summed E-state index contributed by atoms with van der Waals surface area (Å²) in [6.07, 6.45) is -0.0933. The molecular formula is C5H9NO2S. The van der Waals surface area contributed by atoms with Crippen LogP contribution in [0, 0.1) is 0 Å². The third kappa shape index (κ3) is 2.26. The predicted molar refractivity (Wildman–Crippen MR) is 37.3 cm³/mol. The van der Waals surface area contributed by atoms with Crippen molar-refractivity contribution in [3.05, 3.63) is 0 Å². The quantitative estimate of drug-likeness (QED) is 0.565. The lowest BCUT2D eigenvalue weighted by Crippen LogP contribution is -2.25. The monoisotopic (exact) mass is 147 g/mol. The first-order chi connectivity index (χ1) is 4.43. The van der Waals surface area contributed by atoms with Gasteiger partial charge in [-0.1, -0.05) is 12.2 Å². The summed E-state index contributed by atoms with van der Waals surface area (Å²) in [5, 5.41) is 2.83. The molecule has 0 amide bonds. The van der Waals surface area contributed by atoms with Crippen molar-refractivity contribution in [2.24, 2.45) is 0 Å². The fourth-order valence-electron chi connectivity index (χ4n) is 0.669. The third-order valence-corrected chi connectivity index (χ3v) is 1.23. The van der Waals surface area contributed by atoms with Crippen molar-refractivity contribution in [2.45, 2.75) is 6.29 Å². The summed E-state index contributed by atoms with van der Waals surface area (Å²) in [5.74, 6) is 0. The Morgan fingerprint density at radius 3 is 2.78 bits per heavy atom. The maximum atomic E-state index is 5.10. The highest BCUT2D eigenvalue weighted by atomic mass is 32.1. The molecule has 1 saturated heterocycles. The standard InChI is InChI=1S/C5H9NO2S/c9-4-6-3-5-7-1-2-8-5/h4-5H,1-3H2,(H,6,9). The van der Waals surface area contributed by atoms with Crippen LogP contribution in [0.5, 0.6) is 0 Å². The van der Waals surface area contributed by atoms with Crippen LogP contribution in [0.3, 0.4) is 0 Å². The van der Waals surface area contributed by atoms with Crippen molar-refractivity contribution >= 4 is 17.7 Å². The second kappa shape index (κ2) is 3.76. The first-order valence-electron chi connectivity index (χ1n) is 2.83. The minimum atomic E-state index is -0.0933. The Kier molecular flexibility index (Phi) is 2.90. The molecule has 0 aliphatic carbocycles. The number of nitrogens with one attached hydrogen (secondary N) is 1. The molecule has 0 saturated carbocycles. The maximum Gasteiger partial charge on any atom is 0.174 e. The van der Waals surface area contributed by atoms with E-state index in [1.807, 2.05) is 0 Å². The van der Waals surface area contributed by atoms with Gasteiger partial charge in [-0.2, -0.15) is 0 Å². The summed E-state index contributed by atoms with van der Waals surface area (Å²) in [5.41, 5.74) is 1.46. The van der Waals surface area contributed by atoms with Crippen molar-refractivity contribution in [3.8, 4) is 0 Å². The van der Waals surface area contributed by atoms with Gasteiger partial charge in [0, 0.05) is 0 Å². The predicted octanol–water partition coefficient (Wildman–Crippen LogP) is -0.0939. The molecule has 3 nitrogen and oxygen atoms in total. The number of thiocarbonyl (C=S) groups is 1. The molecule has 1 rings (SSSR count). The Hall–Kier alpha value is -0.190. The molecule has 0 aromatic heterocycles. The minimum Gasteiger partial charge on any atom is -0.377 e. The molecule has 0 radical (unpaired) electrons. The summed E-state index contributed by atoms with van der Waals surface area (Å²) >= 11 is 4.54. The molecule has 1 heterocycles. The van der Waals surface area contributed by atoms with E-state index in [0.717, 1.165) is 0 Å². The lowest BCUT2D eigenvalue weighted by molar-refractivity contribution is -0.0358. The van der Waals surface area contributed by atoms with Gasteiger partial charge in [0.15, 0.2) is 6.29 Å². The van der Waals surface area contributed by atoms with Gasteiger partial charge in [0.1, 0.15) is 0 Å². The largest absolute Gasteiger partial charge is 0.377 e. The Morgan fingerprint density at radius 2 is 2.22 bits per heavy atom. The summed E-state index contributed by atoms with van der Waals surface area (Å²) in [7, 11) is 0. The summed E-state index contributed by atoms with van der Waals surface area (Å²) < 4.78 is 10.2. The van der Waals surface area contributed by atoms with Gasteiger partial charge in [-0.15, -0.1) is 0 Å². The zero-order valence-electron chi connectivity index (χ0n) is 5.00. The van der Waals surface area contributed by atoms with Gasteiger partial charge in [0.05, 0.1) is 25.2 Å². The highest BCUT2D eigenvalue weighted by Crippen LogP contribution is 2.00. The smallest absolute Gasteiger partial charge is 0.174 e. The normalized spacial score (nSPS) is 20.0. The van der Waals surface area contributed by atoms with Gasteiger partial charge in [-0.05, 0) is 0 Å². The van der Waals surface area contributed by atoms with E-state index in [-0.39, 0.29) is 6.29 Å². The van der Waals surface area contributed by atoms with Crippen LogP contribution in [0.25, 0.3) is 0 Å². The van der Waals surface area contributed by atoms with Crippen LogP contribution in [0.2, 0.25) is 0 Å². The van der Waals surface area contributed by atoms with E-state index in [0.29, 0.717) is 19.8 Å². The van der Waals surface area contributed by atoms with Crippen LogP contribution < -0.4 is 5.32 Å². The zero-order chi connectivity index (χ0) is 6.53. The molecule has 0 spiro atoms. The van der Waals surface area contributed by atoms with Gasteiger partial charge >= 0.3 is 0 Å². The molecule has 4 heteroatoms. The second-order valence-corrected chi connectivity index (χ2v) is 1.93. The molecular weight excluding hydrogens is 138 g/mol. The third-order valence-electron chi connectivity index (χ3n) is 1.06. The fourth-order valence-corrected chi connectivity index (χ4v) is 0.766. The Morgan fingerprint density at radius 1 is 1.56 bits per heavy atom. The van der Waals surface area contributed by atoms with Crippen molar-refractivity contribution in [3.63, 3.8) is 0 Å². The first-order valence-corrected chi connectivity index (χ1v) is 3.31. The zero-order valence-corrected chi connectivity index (χ0v) is 5.82. The molecule has 9 heavy (non-hydrogen) atoms. The van der Waals surface area contributed by atoms with Crippen LogP contribution in [-0.2, 0) is 9.47 Å². The molecule has 1 fully saturated rings. The van der Waals surface area contributed by atoms with E-state index in [2.05, 4.69) is 17.5 Å². The van der Waals surface area contributed by atoms with E-state index in [1.54, 1.807) is 0 Å². The van der Waals surface area contributed by atoms with E-state index in [1.165, 1.54) is 5.49 Å². The first kappa shape index (κ1) is 6.92. The molecule has 1 N–H and O–H groups in total. The molecule has 52 valence electrons. The molecule has 0 bridgehead atoms. The SMILES string of the molecule is S=CNCC1OCCO1. The van der Waals surface area contributed by atoms with Gasteiger partial charge in [0.2, 0.25) is 0 Å². The second-order valence-electron chi connectivity index (χ2n) is 1.70. The molecule has 0 unspecified atom stereocenters. The van der Waals surface area contributed by atoms with Crippen LogP contribution >= 0.6 is 12.2 Å². The molecule has 1 aliphatic heterocycles. The molecule has 1 aliphatic rings. The molecule has 0 aromatic carbocycles. The van der Waals surface area contributed by atoms with Gasteiger partial charge in [0.25, 0.3) is 0 Å². The van der Waals surface area contributed by atoms with Crippen molar-refractivity contribution in [1.82, 2.24) is 5.32 Å². The molecule has 0 aromatic rings. The lowest BCUT2D eigenvalue weighted by atomic mass is 10.6. The van der Waals surface area contributed by atoms with Crippen molar-refractivity contribution in [2.75, 3.05) is 19.8 Å². The summed E-state index contributed by atoms with van der Waals surface area (Å²) in [6.45, 7) is 2.05. The Balaban J connectivity index is 2.04. The highest BCUT2D eigenvalue weighted by Gasteiger charge is 2.13. The molecule has 0 atom stereocenters. The van der Waals surface area contributed by atoms with Crippen LogP contribution in [0.4, 0.5) is 0 Å². The minimum absolute atomic E-state index is 0.0933. The number of hydrogen-bond acceptors (Lipinski definition) is 3. The Labute approximate surface area is 59.3 Å². The van der Waals surface area contributed by atoms with Crippen LogP contribution in [0.1, 0.15) is 0 Å². The maximum absolute atomic E-state index is 5.10. The highest BCUT2D eigenvalue weighted by molar-refractivity contribution is 7.78. The van der Waals surface area contributed by atoms with Crippen molar-refractivity contribution < 1.29 is 9.47 Å². The van der Waals surface area contributed by atoms with Gasteiger partial charge in [-0.25, -0.2) is 0 Å². The topological polar surface area (TPSA) is 30.5 Å². The number of ether oxygens (including phenoxy) is 2. The number of rotatable bonds is 3. The van der Waals surface area contributed by atoms with Crippen LogP contribution in [-0.4, -0.2) is 31.5 Å². The van der Waals surface area contributed by atoms with E-state index < -0.39 is 0 Å². The van der Waals surface area contributed by atoms with Crippen molar-refractivity contribution in [1.29, 1.82) is 0 Å². The van der Waals surface area contributed by atoms with E-state index in [4.69, 9.17) is 9.47 Å².